The zero-order chi connectivity index (χ0) is 14.0. The van der Waals surface area contributed by atoms with E-state index in [0.29, 0.717) is 30.2 Å². The average molecular weight is 265 g/mol. The molecule has 0 fully saturated rings. The van der Waals surface area contributed by atoms with Crippen LogP contribution >= 0.6 is 0 Å². The Morgan fingerprint density at radius 3 is 2.84 bits per heavy atom. The van der Waals surface area contributed by atoms with Gasteiger partial charge < -0.3 is 9.84 Å². The van der Waals surface area contributed by atoms with Crippen molar-refractivity contribution in [1.29, 1.82) is 0 Å². The second-order valence-electron chi connectivity index (χ2n) is 4.17. The lowest BCUT2D eigenvalue weighted by Crippen LogP contribution is -2.05. The van der Waals surface area contributed by atoms with Gasteiger partial charge >= 0.3 is 5.69 Å². The topological polar surface area (TPSA) is 99.0 Å². The van der Waals surface area contributed by atoms with Crippen LogP contribution < -0.4 is 5.32 Å². The molecule has 0 aromatic carbocycles. The molecule has 0 atom stereocenters. The monoisotopic (exact) mass is 265 g/mol. The highest BCUT2D eigenvalue weighted by molar-refractivity contribution is 5.59. The zero-order valence-corrected chi connectivity index (χ0v) is 11.0. The summed E-state index contributed by atoms with van der Waals surface area (Å²) in [5.74, 6) is 0.988. The van der Waals surface area contributed by atoms with Gasteiger partial charge in [-0.2, -0.15) is 5.10 Å². The van der Waals surface area contributed by atoms with Crippen molar-refractivity contribution in [2.24, 2.45) is 7.05 Å². The number of aromatic nitrogens is 3. The Labute approximate surface area is 109 Å². The number of anilines is 1. The van der Waals surface area contributed by atoms with Gasteiger partial charge in [0.1, 0.15) is 5.69 Å². The first-order valence-electron chi connectivity index (χ1n) is 5.89. The lowest BCUT2D eigenvalue weighted by Gasteiger charge is -2.03. The minimum atomic E-state index is -0.417. The number of rotatable bonds is 5. The van der Waals surface area contributed by atoms with Gasteiger partial charge in [-0.3, -0.25) is 10.1 Å². The molecule has 0 amide bonds. The quantitative estimate of drug-likeness (QED) is 0.653. The molecule has 0 unspecified atom stereocenters. The molecule has 0 aliphatic carbocycles. The van der Waals surface area contributed by atoms with Crippen molar-refractivity contribution in [3.05, 3.63) is 33.3 Å². The van der Waals surface area contributed by atoms with Crippen LogP contribution in [0.15, 0.2) is 10.6 Å². The molecule has 0 bridgehead atoms. The first-order valence-corrected chi connectivity index (χ1v) is 5.89. The lowest BCUT2D eigenvalue weighted by molar-refractivity contribution is -0.384. The van der Waals surface area contributed by atoms with Crippen LogP contribution in [0.3, 0.4) is 0 Å². The Kier molecular flexibility index (Phi) is 3.50. The van der Waals surface area contributed by atoms with Crippen LogP contribution in [0.4, 0.5) is 11.5 Å². The van der Waals surface area contributed by atoms with Gasteiger partial charge in [0.25, 0.3) is 0 Å². The van der Waals surface area contributed by atoms with Crippen molar-refractivity contribution >= 4 is 11.5 Å². The average Bonchev–Trinajstić information content (AvgIpc) is 2.90. The van der Waals surface area contributed by atoms with Gasteiger partial charge in [-0.25, -0.2) is 4.68 Å². The molecule has 0 spiro atoms. The number of hydrogen-bond acceptors (Lipinski definition) is 6. The number of hydrogen-bond donors (Lipinski definition) is 1. The van der Waals surface area contributed by atoms with Crippen LogP contribution in [0.25, 0.3) is 0 Å². The molecule has 8 heteroatoms. The van der Waals surface area contributed by atoms with E-state index in [4.69, 9.17) is 4.52 Å². The zero-order valence-electron chi connectivity index (χ0n) is 11.0. The van der Waals surface area contributed by atoms with E-state index < -0.39 is 4.92 Å². The summed E-state index contributed by atoms with van der Waals surface area (Å²) in [5, 5.41) is 22.0. The van der Waals surface area contributed by atoms with Gasteiger partial charge in [-0.1, -0.05) is 12.1 Å². The largest absolute Gasteiger partial charge is 0.359 e. The fraction of sp³-hybridized carbons (Fsp3) is 0.455. The normalized spacial score (nSPS) is 10.7. The van der Waals surface area contributed by atoms with Crippen molar-refractivity contribution < 1.29 is 9.45 Å². The number of aryl methyl sites for hydroxylation is 3. The van der Waals surface area contributed by atoms with E-state index in [1.165, 1.54) is 4.68 Å². The molecule has 2 rings (SSSR count). The van der Waals surface area contributed by atoms with Crippen LogP contribution in [0.5, 0.6) is 0 Å². The molecular formula is C11H15N5O3. The third kappa shape index (κ3) is 2.56. The summed E-state index contributed by atoms with van der Waals surface area (Å²) < 4.78 is 6.52. The molecular weight excluding hydrogens is 250 g/mol. The van der Waals surface area contributed by atoms with Crippen molar-refractivity contribution in [1.82, 2.24) is 14.9 Å². The molecule has 2 aromatic heterocycles. The first kappa shape index (κ1) is 13.1. The van der Waals surface area contributed by atoms with Crippen molar-refractivity contribution in [2.45, 2.75) is 26.8 Å². The summed E-state index contributed by atoms with van der Waals surface area (Å²) in [6.07, 6.45) is 0.507. The third-order valence-corrected chi connectivity index (χ3v) is 2.72. The van der Waals surface area contributed by atoms with Gasteiger partial charge in [0.05, 0.1) is 17.2 Å². The van der Waals surface area contributed by atoms with Crippen LogP contribution in [0.2, 0.25) is 0 Å². The Hall–Kier alpha value is -2.38. The highest BCUT2D eigenvalue weighted by atomic mass is 16.6. The van der Waals surface area contributed by atoms with E-state index in [0.717, 1.165) is 5.69 Å². The molecule has 2 heterocycles. The van der Waals surface area contributed by atoms with Gasteiger partial charge in [0, 0.05) is 13.1 Å². The smallest absolute Gasteiger partial charge is 0.333 e. The molecule has 0 saturated carbocycles. The SMILES string of the molecule is CCc1nn(C)c(NCc2cc(C)no2)c1[N+](=O)[O-]. The van der Waals surface area contributed by atoms with E-state index in [9.17, 15) is 10.1 Å². The molecule has 2 aromatic rings. The fourth-order valence-corrected chi connectivity index (χ4v) is 1.87. The summed E-state index contributed by atoms with van der Waals surface area (Å²) in [6.45, 7) is 3.97. The summed E-state index contributed by atoms with van der Waals surface area (Å²) in [7, 11) is 1.67. The van der Waals surface area contributed by atoms with Crippen LogP contribution in [0.1, 0.15) is 24.1 Å². The maximum atomic E-state index is 11.1. The van der Waals surface area contributed by atoms with E-state index in [-0.39, 0.29) is 5.69 Å². The molecule has 0 aliphatic rings. The van der Waals surface area contributed by atoms with E-state index in [1.807, 2.05) is 13.8 Å². The number of nitro groups is 1. The highest BCUT2D eigenvalue weighted by Crippen LogP contribution is 2.28. The van der Waals surface area contributed by atoms with Crippen LogP contribution in [-0.2, 0) is 20.0 Å². The fourth-order valence-electron chi connectivity index (χ4n) is 1.87. The lowest BCUT2D eigenvalue weighted by atomic mass is 10.3. The van der Waals surface area contributed by atoms with Gasteiger partial charge in [-0.15, -0.1) is 0 Å². The minimum Gasteiger partial charge on any atom is -0.359 e. The Morgan fingerprint density at radius 2 is 2.32 bits per heavy atom. The van der Waals surface area contributed by atoms with Crippen LogP contribution in [-0.4, -0.2) is 19.9 Å². The Balaban J connectivity index is 2.24. The van der Waals surface area contributed by atoms with Crippen LogP contribution in [0, 0.1) is 17.0 Å². The molecule has 8 nitrogen and oxygen atoms in total. The minimum absolute atomic E-state index is 0.0150. The predicted octanol–water partition coefficient (Wildman–Crippen LogP) is 1.80. The van der Waals surface area contributed by atoms with E-state index in [1.54, 1.807) is 13.1 Å². The summed E-state index contributed by atoms with van der Waals surface area (Å²) in [6, 6.07) is 1.77. The predicted molar refractivity (Wildman–Crippen MR) is 67.8 cm³/mol. The first-order chi connectivity index (χ1) is 9.02. The number of nitrogens with zero attached hydrogens (tertiary/aromatic N) is 4. The molecule has 19 heavy (non-hydrogen) atoms. The van der Waals surface area contributed by atoms with Gasteiger partial charge in [-0.05, 0) is 13.3 Å². The molecule has 1 N–H and O–H groups in total. The van der Waals surface area contributed by atoms with E-state index in [2.05, 4.69) is 15.6 Å². The van der Waals surface area contributed by atoms with E-state index >= 15 is 0 Å². The molecule has 0 radical (unpaired) electrons. The van der Waals surface area contributed by atoms with Gasteiger partial charge in [0.2, 0.25) is 5.82 Å². The summed E-state index contributed by atoms with van der Waals surface area (Å²) >= 11 is 0. The highest BCUT2D eigenvalue weighted by Gasteiger charge is 2.25. The van der Waals surface area contributed by atoms with Gasteiger partial charge in [0.15, 0.2) is 5.76 Å². The standard InChI is InChI=1S/C11H15N5O3/c1-4-9-10(16(17)18)11(15(3)13-9)12-6-8-5-7(2)14-19-8/h5,12H,4,6H2,1-3H3. The van der Waals surface area contributed by atoms with Crippen molar-refractivity contribution in [3.8, 4) is 0 Å². The summed E-state index contributed by atoms with van der Waals surface area (Å²) in [4.78, 5) is 10.7. The molecule has 102 valence electrons. The Bertz CT molecular complexity index is 601. The summed E-state index contributed by atoms with van der Waals surface area (Å²) in [5.41, 5.74) is 1.25. The van der Waals surface area contributed by atoms with Crippen molar-refractivity contribution in [3.63, 3.8) is 0 Å². The molecule has 0 aliphatic heterocycles. The second kappa shape index (κ2) is 5.09. The Morgan fingerprint density at radius 1 is 1.58 bits per heavy atom. The molecule has 0 saturated heterocycles. The maximum Gasteiger partial charge on any atom is 0.333 e. The number of nitrogens with one attached hydrogen (secondary N) is 1. The van der Waals surface area contributed by atoms with Crippen molar-refractivity contribution in [2.75, 3.05) is 5.32 Å². The maximum absolute atomic E-state index is 11.1. The second-order valence-corrected chi connectivity index (χ2v) is 4.17. The third-order valence-electron chi connectivity index (χ3n) is 2.72.